The van der Waals surface area contributed by atoms with Crippen LogP contribution in [0.3, 0.4) is 0 Å². The van der Waals surface area contributed by atoms with Crippen molar-refractivity contribution < 1.29 is 0 Å². The maximum atomic E-state index is 4.66. The number of aryl methyl sites for hydroxylation is 1. The van der Waals surface area contributed by atoms with Gasteiger partial charge in [0, 0.05) is 11.9 Å². The molecule has 1 heteroatoms. The third-order valence-corrected chi connectivity index (χ3v) is 5.93. The van der Waals surface area contributed by atoms with E-state index in [-0.39, 0.29) is 0 Å². The first-order valence-electron chi connectivity index (χ1n) is 8.18. The highest BCUT2D eigenvalue weighted by Crippen LogP contribution is 2.63. The van der Waals surface area contributed by atoms with Gasteiger partial charge >= 0.3 is 0 Å². The van der Waals surface area contributed by atoms with E-state index in [0.29, 0.717) is 0 Å². The number of hydrogen-bond acceptors (Lipinski definition) is 1. The van der Waals surface area contributed by atoms with Gasteiger partial charge in [0.2, 0.25) is 0 Å². The molecule has 3 fully saturated rings. The summed E-state index contributed by atoms with van der Waals surface area (Å²) in [6, 6.07) is 2.28. The van der Waals surface area contributed by atoms with Gasteiger partial charge in [-0.3, -0.25) is 4.98 Å². The molecule has 0 saturated heterocycles. The van der Waals surface area contributed by atoms with E-state index in [0.717, 1.165) is 29.6 Å². The average Bonchev–Trinajstić information content (AvgIpc) is 2.25. The third-order valence-electron chi connectivity index (χ3n) is 5.93. The fourth-order valence-corrected chi connectivity index (χ4v) is 4.79. The molecule has 5 rings (SSSR count). The van der Waals surface area contributed by atoms with E-state index in [1.807, 2.05) is 6.20 Å². The molecule has 4 aliphatic rings. The molecule has 1 heterocycles. The van der Waals surface area contributed by atoms with E-state index in [1.165, 1.54) is 31.4 Å². The van der Waals surface area contributed by atoms with Gasteiger partial charge in [-0.25, -0.2) is 0 Å². The lowest BCUT2D eigenvalue weighted by molar-refractivity contribution is -0.118. The van der Waals surface area contributed by atoms with E-state index in [4.69, 9.17) is 0 Å². The van der Waals surface area contributed by atoms with Gasteiger partial charge in [-0.1, -0.05) is 13.8 Å². The molecule has 1 atom stereocenters. The van der Waals surface area contributed by atoms with Crippen molar-refractivity contribution in [2.45, 2.75) is 52.4 Å². The summed E-state index contributed by atoms with van der Waals surface area (Å²) >= 11 is 0. The molecule has 0 aromatic carbocycles. The fourth-order valence-electron chi connectivity index (χ4n) is 4.79. The van der Waals surface area contributed by atoms with Gasteiger partial charge in [0.25, 0.3) is 0 Å². The van der Waals surface area contributed by atoms with Crippen LogP contribution in [0.5, 0.6) is 0 Å². The smallest absolute Gasteiger partial charge is 0.0438 e. The van der Waals surface area contributed by atoms with Crippen molar-refractivity contribution in [2.75, 3.05) is 0 Å². The van der Waals surface area contributed by atoms with E-state index >= 15 is 0 Å². The highest BCUT2D eigenvalue weighted by molar-refractivity contribution is 5.33. The highest BCUT2D eigenvalue weighted by atomic mass is 14.7. The fraction of sp³-hybridized carbons (Fsp3) is 0.722. The van der Waals surface area contributed by atoms with Gasteiger partial charge in [0.1, 0.15) is 0 Å². The molecule has 1 nitrogen and oxygen atoms in total. The van der Waals surface area contributed by atoms with Crippen LogP contribution in [0.2, 0.25) is 0 Å². The van der Waals surface area contributed by atoms with Crippen molar-refractivity contribution in [1.29, 1.82) is 0 Å². The van der Waals surface area contributed by atoms with Crippen molar-refractivity contribution in [1.82, 2.24) is 4.98 Å². The van der Waals surface area contributed by atoms with Crippen molar-refractivity contribution in [3.8, 4) is 0 Å². The minimum atomic E-state index is 0.754. The molecule has 3 saturated carbocycles. The number of fused-ring (bicyclic) bond motifs is 1. The summed E-state index contributed by atoms with van der Waals surface area (Å²) in [5, 5.41) is 0. The molecule has 0 spiro atoms. The zero-order valence-electron chi connectivity index (χ0n) is 12.2. The summed E-state index contributed by atoms with van der Waals surface area (Å²) in [6.07, 6.45) is 10.4. The summed E-state index contributed by atoms with van der Waals surface area (Å²) in [7, 11) is 0. The number of nitrogens with zero attached hydrogens (tertiary/aromatic N) is 1. The quantitative estimate of drug-likeness (QED) is 0.794. The van der Waals surface area contributed by atoms with Gasteiger partial charge in [-0.2, -0.15) is 0 Å². The zero-order chi connectivity index (χ0) is 13.0. The minimum absolute atomic E-state index is 0.754. The Labute approximate surface area is 116 Å². The van der Waals surface area contributed by atoms with Crippen molar-refractivity contribution >= 4 is 0 Å². The molecular formula is C18H25N. The van der Waals surface area contributed by atoms with Crippen LogP contribution in [-0.2, 0) is 19.3 Å². The van der Waals surface area contributed by atoms with Gasteiger partial charge in [0.05, 0.1) is 0 Å². The summed E-state index contributed by atoms with van der Waals surface area (Å²) in [5.41, 5.74) is 4.65. The Kier molecular flexibility index (Phi) is 2.72. The molecule has 1 unspecified atom stereocenters. The normalized spacial score (nSPS) is 35.5. The van der Waals surface area contributed by atoms with Gasteiger partial charge in [-0.15, -0.1) is 0 Å². The first-order valence-corrected chi connectivity index (χ1v) is 8.18. The first kappa shape index (κ1) is 11.9. The SMILES string of the molecule is CC(C)Cc1ccnc2c1CC(C1C3CC1C3)CC2. The van der Waals surface area contributed by atoms with Crippen LogP contribution in [0.4, 0.5) is 0 Å². The van der Waals surface area contributed by atoms with Gasteiger partial charge in [0.15, 0.2) is 0 Å². The van der Waals surface area contributed by atoms with Crippen LogP contribution in [0.25, 0.3) is 0 Å². The maximum absolute atomic E-state index is 4.66. The molecule has 19 heavy (non-hydrogen) atoms. The molecule has 4 aliphatic carbocycles. The number of pyridine rings is 1. The van der Waals surface area contributed by atoms with Gasteiger partial charge < -0.3 is 0 Å². The van der Waals surface area contributed by atoms with Crippen molar-refractivity contribution in [3.63, 3.8) is 0 Å². The number of hydrogen-bond donors (Lipinski definition) is 0. The summed E-state index contributed by atoms with van der Waals surface area (Å²) in [5.74, 6) is 5.06. The second-order valence-corrected chi connectivity index (χ2v) is 7.57. The Bertz CT molecular complexity index is 476. The van der Waals surface area contributed by atoms with Gasteiger partial charge in [-0.05, 0) is 85.3 Å². The first-order chi connectivity index (χ1) is 9.22. The maximum Gasteiger partial charge on any atom is 0.0438 e. The lowest BCUT2D eigenvalue weighted by atomic mass is 9.43. The van der Waals surface area contributed by atoms with E-state index < -0.39 is 0 Å². The summed E-state index contributed by atoms with van der Waals surface area (Å²) in [4.78, 5) is 4.66. The number of rotatable bonds is 3. The summed E-state index contributed by atoms with van der Waals surface area (Å²) < 4.78 is 0. The Morgan fingerprint density at radius 1 is 1.21 bits per heavy atom. The molecule has 0 radical (unpaired) electrons. The van der Waals surface area contributed by atoms with Crippen molar-refractivity contribution in [2.24, 2.45) is 29.6 Å². The molecule has 0 aliphatic heterocycles. The predicted octanol–water partition coefficient (Wildman–Crippen LogP) is 4.04. The molecule has 0 amide bonds. The Morgan fingerprint density at radius 3 is 2.63 bits per heavy atom. The molecule has 0 N–H and O–H groups in total. The van der Waals surface area contributed by atoms with Crippen molar-refractivity contribution in [3.05, 3.63) is 29.1 Å². The standard InChI is InChI=1S/C18H25N/c1-11(2)7-12-5-6-19-17-4-3-13(10-16(12)17)18-14-8-15(18)9-14/h5-6,11,13-15,18H,3-4,7-10H2,1-2H3. The van der Waals surface area contributed by atoms with Crippen LogP contribution in [0, 0.1) is 29.6 Å². The topological polar surface area (TPSA) is 12.9 Å². The second kappa shape index (κ2) is 4.33. The molecule has 1 aromatic heterocycles. The Morgan fingerprint density at radius 2 is 2.00 bits per heavy atom. The zero-order valence-corrected chi connectivity index (χ0v) is 12.2. The number of aromatic nitrogens is 1. The third kappa shape index (κ3) is 1.85. The predicted molar refractivity (Wildman–Crippen MR) is 78.0 cm³/mol. The van der Waals surface area contributed by atoms with E-state index in [2.05, 4.69) is 24.9 Å². The van der Waals surface area contributed by atoms with Crippen LogP contribution >= 0.6 is 0 Å². The van der Waals surface area contributed by atoms with E-state index in [9.17, 15) is 0 Å². The van der Waals surface area contributed by atoms with Crippen LogP contribution < -0.4 is 0 Å². The largest absolute Gasteiger partial charge is 0.261 e. The Hall–Kier alpha value is -0.850. The van der Waals surface area contributed by atoms with E-state index in [1.54, 1.807) is 24.0 Å². The lowest BCUT2D eigenvalue weighted by Crippen LogP contribution is -2.54. The van der Waals surface area contributed by atoms with Crippen LogP contribution in [0.1, 0.15) is 49.9 Å². The molecule has 2 bridgehead atoms. The molecule has 1 aromatic rings. The van der Waals surface area contributed by atoms with Crippen LogP contribution in [-0.4, -0.2) is 4.98 Å². The molecular weight excluding hydrogens is 230 g/mol. The minimum Gasteiger partial charge on any atom is -0.261 e. The van der Waals surface area contributed by atoms with Crippen LogP contribution in [0.15, 0.2) is 12.3 Å². The highest BCUT2D eigenvalue weighted by Gasteiger charge is 2.55. The second-order valence-electron chi connectivity index (χ2n) is 7.57. The average molecular weight is 255 g/mol. The Balaban J connectivity index is 1.58. The lowest BCUT2D eigenvalue weighted by Gasteiger charge is -2.62. The summed E-state index contributed by atoms with van der Waals surface area (Å²) in [6.45, 7) is 4.66. The molecule has 102 valence electrons. The monoisotopic (exact) mass is 255 g/mol.